The molecule has 2 bridgehead atoms. The maximum atomic E-state index is 2.60. The van der Waals surface area contributed by atoms with Crippen LogP contribution in [0.3, 0.4) is 0 Å². The summed E-state index contributed by atoms with van der Waals surface area (Å²) in [6.45, 7) is 9.85. The molecule has 1 heteroatoms. The maximum absolute atomic E-state index is 2.60. The first-order valence-electron chi connectivity index (χ1n) is 20.4. The molecule has 0 amide bonds. The van der Waals surface area contributed by atoms with Crippen LogP contribution in [0.25, 0.3) is 77.7 Å². The monoisotopic (exact) mass is 724 g/mol. The van der Waals surface area contributed by atoms with Crippen LogP contribution >= 0.6 is 11.3 Å². The molecular weight excluding hydrogens is 681 g/mol. The fourth-order valence-electron chi connectivity index (χ4n) is 11.3. The second-order valence-electron chi connectivity index (χ2n) is 17.8. The molecule has 0 spiro atoms. The highest BCUT2D eigenvalue weighted by molar-refractivity contribution is 7.19. The zero-order chi connectivity index (χ0) is 36.8. The lowest BCUT2D eigenvalue weighted by atomic mass is 9.61. The Balaban J connectivity index is 0.985. The Kier molecular flexibility index (Phi) is 6.51. The molecule has 1 unspecified atom stereocenters. The minimum absolute atomic E-state index is 0.0490. The van der Waals surface area contributed by atoms with Gasteiger partial charge < -0.3 is 0 Å². The first kappa shape index (κ1) is 32.0. The zero-order valence-corrected chi connectivity index (χ0v) is 33.0. The summed E-state index contributed by atoms with van der Waals surface area (Å²) in [5, 5.41) is 9.89. The Hall–Kier alpha value is -5.24. The normalized spacial score (nSPS) is 19.6. The molecule has 266 valence electrons. The van der Waals surface area contributed by atoms with Crippen molar-refractivity contribution in [2.75, 3.05) is 0 Å². The number of fused-ring (bicyclic) bond motifs is 17. The van der Waals surface area contributed by atoms with E-state index in [0.29, 0.717) is 5.92 Å². The number of benzene rings is 6. The van der Waals surface area contributed by atoms with E-state index >= 15 is 0 Å². The van der Waals surface area contributed by atoms with Gasteiger partial charge in [-0.25, -0.2) is 0 Å². The minimum atomic E-state index is -0.102. The molecule has 0 saturated heterocycles. The van der Waals surface area contributed by atoms with Crippen molar-refractivity contribution < 1.29 is 0 Å². The van der Waals surface area contributed by atoms with Crippen molar-refractivity contribution in [2.45, 2.75) is 70.6 Å². The van der Waals surface area contributed by atoms with Crippen LogP contribution in [0.4, 0.5) is 0 Å². The summed E-state index contributed by atoms with van der Waals surface area (Å²) in [6, 6.07) is 37.7. The SMILES string of the molecule is CC1(C)c2ccc(C3=CC4CC(=C3)c3cc(C5=Cc6c(sc7ccccc67)CC5)ccc3C4(C)C)cc2-c2ccc3c4c(c5ccccc5c3c21)=CCCC=4. The van der Waals surface area contributed by atoms with Crippen LogP contribution in [0.1, 0.15) is 97.2 Å². The highest BCUT2D eigenvalue weighted by Crippen LogP contribution is 2.55. The number of hydrogen-bond donors (Lipinski definition) is 0. The molecule has 0 saturated carbocycles. The average Bonchev–Trinajstić information content (AvgIpc) is 3.71. The molecule has 1 heterocycles. The average molecular weight is 725 g/mol. The second kappa shape index (κ2) is 11.2. The molecule has 1 atom stereocenters. The van der Waals surface area contributed by atoms with E-state index in [0.717, 1.165) is 32.1 Å². The number of aryl methyl sites for hydroxylation is 1. The van der Waals surface area contributed by atoms with Crippen LogP contribution < -0.4 is 10.4 Å². The van der Waals surface area contributed by atoms with Crippen LogP contribution in [0, 0.1) is 5.92 Å². The van der Waals surface area contributed by atoms with Crippen LogP contribution in [0.15, 0.2) is 109 Å². The molecule has 0 N–H and O–H groups in total. The Morgan fingerprint density at radius 3 is 2.18 bits per heavy atom. The molecular formula is C54H44S. The molecule has 5 aliphatic rings. The molecule has 12 rings (SSSR count). The molecule has 55 heavy (non-hydrogen) atoms. The molecule has 5 aliphatic carbocycles. The highest BCUT2D eigenvalue weighted by atomic mass is 32.1. The lowest BCUT2D eigenvalue weighted by molar-refractivity contribution is 0.375. The van der Waals surface area contributed by atoms with Gasteiger partial charge in [0.2, 0.25) is 0 Å². The Morgan fingerprint density at radius 1 is 0.600 bits per heavy atom. The lowest BCUT2D eigenvalue weighted by Crippen LogP contribution is -2.34. The number of allylic oxidation sites excluding steroid dienone is 5. The molecule has 7 aromatic rings. The fraction of sp³-hybridized carbons (Fsp3) is 0.222. The number of thiophene rings is 1. The first-order chi connectivity index (χ1) is 26.8. The fourth-order valence-corrected chi connectivity index (χ4v) is 12.5. The van der Waals surface area contributed by atoms with Crippen LogP contribution in [0.5, 0.6) is 0 Å². The van der Waals surface area contributed by atoms with E-state index in [-0.39, 0.29) is 10.8 Å². The van der Waals surface area contributed by atoms with E-state index in [9.17, 15) is 0 Å². The third-order valence-corrected chi connectivity index (χ3v) is 15.5. The van der Waals surface area contributed by atoms with E-state index in [2.05, 4.69) is 155 Å². The summed E-state index contributed by atoms with van der Waals surface area (Å²) < 4.78 is 1.41. The Morgan fingerprint density at radius 2 is 1.33 bits per heavy atom. The zero-order valence-electron chi connectivity index (χ0n) is 32.1. The number of rotatable bonds is 2. The Labute approximate surface area is 327 Å². The quantitative estimate of drug-likeness (QED) is 0.156. The van der Waals surface area contributed by atoms with Crippen molar-refractivity contribution in [1.29, 1.82) is 0 Å². The summed E-state index contributed by atoms with van der Waals surface area (Å²) >= 11 is 1.98. The van der Waals surface area contributed by atoms with Gasteiger partial charge in [0.05, 0.1) is 0 Å². The second-order valence-corrected chi connectivity index (χ2v) is 19.0. The van der Waals surface area contributed by atoms with Gasteiger partial charge in [-0.1, -0.05) is 131 Å². The van der Waals surface area contributed by atoms with Gasteiger partial charge in [0.1, 0.15) is 0 Å². The maximum Gasteiger partial charge on any atom is 0.0351 e. The summed E-state index contributed by atoms with van der Waals surface area (Å²) in [4.78, 5) is 1.54. The molecule has 0 fully saturated rings. The van der Waals surface area contributed by atoms with Crippen molar-refractivity contribution in [3.63, 3.8) is 0 Å². The molecule has 1 aromatic heterocycles. The summed E-state index contributed by atoms with van der Waals surface area (Å²) in [5.74, 6) is 0.459. The smallest absolute Gasteiger partial charge is 0.0351 e. The van der Waals surface area contributed by atoms with Crippen molar-refractivity contribution in [3.05, 3.63) is 163 Å². The molecule has 6 aromatic carbocycles. The van der Waals surface area contributed by atoms with Gasteiger partial charge in [0.15, 0.2) is 0 Å². The van der Waals surface area contributed by atoms with Crippen molar-refractivity contribution in [2.24, 2.45) is 5.92 Å². The molecule has 0 aliphatic heterocycles. The third-order valence-electron chi connectivity index (χ3n) is 14.2. The van der Waals surface area contributed by atoms with Crippen LogP contribution in [0.2, 0.25) is 0 Å². The number of hydrogen-bond acceptors (Lipinski definition) is 1. The van der Waals surface area contributed by atoms with Gasteiger partial charge in [0.25, 0.3) is 0 Å². The summed E-state index contributed by atoms with van der Waals surface area (Å²) in [5.41, 5.74) is 17.1. The van der Waals surface area contributed by atoms with Gasteiger partial charge >= 0.3 is 0 Å². The van der Waals surface area contributed by atoms with Crippen molar-refractivity contribution in [3.8, 4) is 11.1 Å². The molecule has 0 radical (unpaired) electrons. The van der Waals surface area contributed by atoms with Crippen LogP contribution in [-0.4, -0.2) is 0 Å². The van der Waals surface area contributed by atoms with Crippen molar-refractivity contribution in [1.82, 2.24) is 0 Å². The van der Waals surface area contributed by atoms with Gasteiger partial charge in [-0.15, -0.1) is 11.3 Å². The van der Waals surface area contributed by atoms with E-state index in [4.69, 9.17) is 0 Å². The highest BCUT2D eigenvalue weighted by Gasteiger charge is 2.41. The summed E-state index contributed by atoms with van der Waals surface area (Å²) in [6.07, 6.45) is 18.1. The van der Waals surface area contributed by atoms with Crippen molar-refractivity contribution >= 4 is 77.9 Å². The predicted octanol–water partition coefficient (Wildman–Crippen LogP) is 13.1. The van der Waals surface area contributed by atoms with Gasteiger partial charge in [-0.3, -0.25) is 0 Å². The van der Waals surface area contributed by atoms with E-state index in [1.54, 1.807) is 0 Å². The van der Waals surface area contributed by atoms with Crippen LogP contribution in [-0.2, 0) is 17.3 Å². The Bertz CT molecular complexity index is 3110. The third kappa shape index (κ3) is 4.39. The summed E-state index contributed by atoms with van der Waals surface area (Å²) in [7, 11) is 0. The lowest BCUT2D eigenvalue weighted by Gasteiger charge is -2.43. The first-order valence-corrected chi connectivity index (χ1v) is 21.2. The standard InChI is InChI=1S/C54H44S/c1-53(2)36-26-34(25-35(27-36)44-28-31(17-22-47(44)53)32-19-24-50-46(30-32)40-14-9-10-16-49(40)55-50)33-18-23-48-45(29-33)43-21-20-42-39-13-6-5-11-37(39)38-12-7-8-15-41(38)51(42)52(43)54(48,3)4/h7-18,20-23,25-26,28-30,36H,5-6,19,24,27H2,1-4H3. The van der Waals surface area contributed by atoms with E-state index in [1.165, 1.54) is 114 Å². The predicted molar refractivity (Wildman–Crippen MR) is 238 cm³/mol. The molecule has 0 nitrogen and oxygen atoms in total. The topological polar surface area (TPSA) is 0 Å². The minimum Gasteiger partial charge on any atom is -0.140 e. The van der Waals surface area contributed by atoms with Gasteiger partial charge in [-0.05, 0) is 172 Å². The van der Waals surface area contributed by atoms with Gasteiger partial charge in [-0.2, -0.15) is 0 Å². The van der Waals surface area contributed by atoms with E-state index in [1.807, 2.05) is 11.3 Å². The van der Waals surface area contributed by atoms with Gasteiger partial charge in [0, 0.05) is 15.0 Å². The van der Waals surface area contributed by atoms with E-state index < -0.39 is 0 Å². The largest absolute Gasteiger partial charge is 0.140 e.